The molecule has 2 aliphatic carbocycles. The number of anilines is 1. The Hall–Kier alpha value is -4.15. The van der Waals surface area contributed by atoms with Gasteiger partial charge < -0.3 is 15.2 Å². The van der Waals surface area contributed by atoms with Crippen LogP contribution in [0.2, 0.25) is 0 Å². The first-order valence-corrected chi connectivity index (χ1v) is 14.3. The normalized spacial score (nSPS) is 18.9. The highest BCUT2D eigenvalue weighted by molar-refractivity contribution is 6.07. The Balaban J connectivity index is 1.42. The molecule has 2 unspecified atom stereocenters. The van der Waals surface area contributed by atoms with Gasteiger partial charge in [0.2, 0.25) is 5.90 Å². The summed E-state index contributed by atoms with van der Waals surface area (Å²) in [6.45, 7) is 0.527. The van der Waals surface area contributed by atoms with Gasteiger partial charge in [-0.05, 0) is 81.2 Å². The van der Waals surface area contributed by atoms with Gasteiger partial charge in [0, 0.05) is 30.9 Å². The minimum atomic E-state index is -0.822. The molecular weight excluding hydrogens is 539 g/mol. The average Bonchev–Trinajstić information content (AvgIpc) is 3.23. The molecule has 2 atom stereocenters. The van der Waals surface area contributed by atoms with Crippen LogP contribution in [0.15, 0.2) is 93.3 Å². The summed E-state index contributed by atoms with van der Waals surface area (Å²) in [6, 6.07) is 5.59. The summed E-state index contributed by atoms with van der Waals surface area (Å²) in [5.41, 5.74) is 5.28. The van der Waals surface area contributed by atoms with E-state index in [-0.39, 0.29) is 24.1 Å². The van der Waals surface area contributed by atoms with Crippen molar-refractivity contribution in [2.75, 3.05) is 18.9 Å². The Morgan fingerprint density at radius 2 is 2.05 bits per heavy atom. The number of carbonyl (C=O) groups is 2. The second kappa shape index (κ2) is 15.7. The molecule has 0 spiro atoms. The van der Waals surface area contributed by atoms with Crippen molar-refractivity contribution in [1.29, 1.82) is 0 Å². The highest BCUT2D eigenvalue weighted by atomic mass is 19.1. The Morgan fingerprint density at radius 3 is 2.83 bits per heavy atom. The van der Waals surface area contributed by atoms with E-state index in [0.29, 0.717) is 61.5 Å². The molecule has 1 heterocycles. The number of amides is 1. The molecule has 4 rings (SSSR count). The van der Waals surface area contributed by atoms with Crippen LogP contribution in [-0.2, 0) is 19.2 Å². The van der Waals surface area contributed by atoms with Crippen LogP contribution in [0.3, 0.4) is 0 Å². The van der Waals surface area contributed by atoms with Crippen LogP contribution >= 0.6 is 0 Å². The molecule has 0 saturated carbocycles. The Bertz CT molecular complexity index is 1340. The number of unbranched alkanes of at least 4 members (excludes halogenated alkanes) is 2. The molecule has 1 amide bonds. The molecule has 0 radical (unpaired) electrons. The monoisotopic (exact) mass is 576 g/mol. The fraction of sp³-hybridized carbons (Fsp3) is 0.375. The quantitative estimate of drug-likeness (QED) is 0.146. The summed E-state index contributed by atoms with van der Waals surface area (Å²) in [5, 5.41) is 11.7. The van der Waals surface area contributed by atoms with Crippen molar-refractivity contribution >= 4 is 29.7 Å². The van der Waals surface area contributed by atoms with Crippen molar-refractivity contribution < 1.29 is 28.7 Å². The number of hydrogen-bond acceptors (Lipinski definition) is 7. The SMILES string of the molecule is CNOC(CCC1C=C(N=CCCCCC(=O)O)C(C(=O)Nc2ccc(F)cc2)=CC1)C1=NCC2=C(C=CCC=C2)O1. The molecule has 10 heteroatoms. The highest BCUT2D eigenvalue weighted by Crippen LogP contribution is 2.30. The third-order valence-electron chi connectivity index (χ3n) is 6.98. The smallest absolute Gasteiger partial charge is 0.303 e. The first-order chi connectivity index (χ1) is 20.4. The third kappa shape index (κ3) is 9.19. The average molecular weight is 577 g/mol. The molecule has 1 aromatic rings. The van der Waals surface area contributed by atoms with Gasteiger partial charge in [-0.3, -0.25) is 19.4 Å². The number of nitrogens with zero attached hydrogens (tertiary/aromatic N) is 2. The first kappa shape index (κ1) is 30.8. The van der Waals surface area contributed by atoms with Crippen LogP contribution in [0.4, 0.5) is 10.1 Å². The topological polar surface area (TPSA) is 122 Å². The van der Waals surface area contributed by atoms with Crippen LogP contribution < -0.4 is 10.8 Å². The third-order valence-corrected chi connectivity index (χ3v) is 6.98. The number of ether oxygens (including phenoxy) is 1. The van der Waals surface area contributed by atoms with E-state index in [4.69, 9.17) is 14.7 Å². The lowest BCUT2D eigenvalue weighted by molar-refractivity contribution is -0.137. The molecule has 9 nitrogen and oxygen atoms in total. The lowest BCUT2D eigenvalue weighted by Gasteiger charge is -2.25. The number of carboxylic acid groups (broad SMARTS) is 1. The predicted octanol–water partition coefficient (Wildman–Crippen LogP) is 5.81. The number of aliphatic carboxylic acids is 1. The summed E-state index contributed by atoms with van der Waals surface area (Å²) in [7, 11) is 1.70. The lowest BCUT2D eigenvalue weighted by atomic mass is 9.89. The summed E-state index contributed by atoms with van der Waals surface area (Å²) >= 11 is 0. The molecular formula is C32H37FN4O5. The molecule has 3 N–H and O–H groups in total. The van der Waals surface area contributed by atoms with Crippen LogP contribution in [-0.4, -0.2) is 48.8 Å². The summed E-state index contributed by atoms with van der Waals surface area (Å²) < 4.78 is 19.4. The lowest BCUT2D eigenvalue weighted by Crippen LogP contribution is -2.33. The van der Waals surface area contributed by atoms with Gasteiger partial charge in [-0.1, -0.05) is 30.4 Å². The number of halogens is 1. The van der Waals surface area contributed by atoms with Crippen molar-refractivity contribution in [2.45, 2.75) is 57.5 Å². The second-order valence-electron chi connectivity index (χ2n) is 10.2. The van der Waals surface area contributed by atoms with Gasteiger partial charge in [-0.25, -0.2) is 14.9 Å². The van der Waals surface area contributed by atoms with E-state index in [1.54, 1.807) is 13.3 Å². The van der Waals surface area contributed by atoms with Gasteiger partial charge in [-0.15, -0.1) is 0 Å². The Kier molecular flexibility index (Phi) is 11.5. The van der Waals surface area contributed by atoms with E-state index in [1.807, 2.05) is 30.4 Å². The molecule has 0 bridgehead atoms. The van der Waals surface area contributed by atoms with Crippen molar-refractivity contribution in [1.82, 2.24) is 5.48 Å². The number of aliphatic imine (C=N–C) groups is 2. The zero-order valence-corrected chi connectivity index (χ0v) is 23.7. The van der Waals surface area contributed by atoms with E-state index in [2.05, 4.69) is 26.9 Å². The number of hydroxylamine groups is 1. The largest absolute Gasteiger partial charge is 0.481 e. The van der Waals surface area contributed by atoms with Crippen molar-refractivity contribution in [3.05, 3.63) is 89.1 Å². The van der Waals surface area contributed by atoms with Crippen LogP contribution in [0.5, 0.6) is 0 Å². The molecule has 222 valence electrons. The van der Waals surface area contributed by atoms with Crippen LogP contribution in [0.25, 0.3) is 0 Å². The fourth-order valence-electron chi connectivity index (χ4n) is 4.78. The molecule has 3 aliphatic rings. The van der Waals surface area contributed by atoms with Gasteiger partial charge in [-0.2, -0.15) is 0 Å². The maximum absolute atomic E-state index is 13.3. The van der Waals surface area contributed by atoms with Crippen molar-refractivity contribution in [2.24, 2.45) is 15.9 Å². The maximum atomic E-state index is 13.3. The number of carboxylic acids is 1. The van der Waals surface area contributed by atoms with Crippen LogP contribution in [0.1, 0.15) is 51.4 Å². The molecule has 1 aliphatic heterocycles. The fourth-order valence-corrected chi connectivity index (χ4v) is 4.78. The van der Waals surface area contributed by atoms with E-state index in [0.717, 1.165) is 24.2 Å². The van der Waals surface area contributed by atoms with Gasteiger partial charge in [0.15, 0.2) is 6.10 Å². The summed E-state index contributed by atoms with van der Waals surface area (Å²) in [6.07, 6.45) is 18.1. The zero-order valence-electron chi connectivity index (χ0n) is 23.7. The minimum Gasteiger partial charge on any atom is -0.481 e. The number of allylic oxidation sites excluding steroid dienone is 5. The first-order valence-electron chi connectivity index (χ1n) is 14.3. The zero-order chi connectivity index (χ0) is 29.7. The minimum absolute atomic E-state index is 0.0918. The highest BCUT2D eigenvalue weighted by Gasteiger charge is 2.27. The van der Waals surface area contributed by atoms with E-state index >= 15 is 0 Å². The van der Waals surface area contributed by atoms with Crippen LogP contribution in [0, 0.1) is 11.7 Å². The van der Waals surface area contributed by atoms with E-state index in [9.17, 15) is 14.0 Å². The molecule has 0 fully saturated rings. The summed E-state index contributed by atoms with van der Waals surface area (Å²) in [5.74, 6) is -0.129. The number of nitrogens with one attached hydrogen (secondary N) is 2. The number of rotatable bonds is 14. The standard InChI is InChI=1S/C32H37FN4O5/c1-34-42-29(32-36-21-23-8-4-2-5-9-28(23)41-32)18-12-22-11-17-26(31(40)37-25-15-13-24(33)14-16-25)27(20-22)35-19-7-3-6-10-30(38)39/h4-5,8-9,13-17,19-20,22,29,34H,2-3,6-7,10-12,18,21H2,1H3,(H,37,40)(H,38,39). The number of carbonyl (C=O) groups excluding carboxylic acids is 1. The molecule has 42 heavy (non-hydrogen) atoms. The van der Waals surface area contributed by atoms with Gasteiger partial charge in [0.05, 0.1) is 17.8 Å². The Labute approximate surface area is 245 Å². The predicted molar refractivity (Wildman–Crippen MR) is 160 cm³/mol. The van der Waals surface area contributed by atoms with E-state index in [1.165, 1.54) is 24.3 Å². The number of benzene rings is 1. The summed E-state index contributed by atoms with van der Waals surface area (Å²) in [4.78, 5) is 39.0. The van der Waals surface area contributed by atoms with Gasteiger partial charge >= 0.3 is 5.97 Å². The second-order valence-corrected chi connectivity index (χ2v) is 10.2. The number of hydrogen-bond donors (Lipinski definition) is 3. The van der Waals surface area contributed by atoms with Crippen molar-refractivity contribution in [3.8, 4) is 0 Å². The van der Waals surface area contributed by atoms with Gasteiger partial charge in [0.25, 0.3) is 5.91 Å². The molecule has 0 saturated heterocycles. The van der Waals surface area contributed by atoms with E-state index < -0.39 is 12.1 Å². The molecule has 1 aromatic carbocycles. The maximum Gasteiger partial charge on any atom is 0.303 e. The Morgan fingerprint density at radius 1 is 1.24 bits per heavy atom. The van der Waals surface area contributed by atoms with Crippen molar-refractivity contribution in [3.63, 3.8) is 0 Å². The van der Waals surface area contributed by atoms with Gasteiger partial charge in [0.1, 0.15) is 11.6 Å². The molecule has 0 aromatic heterocycles.